The molecule has 178 valence electrons. The molecule has 0 radical (unpaired) electrons. The molecule has 1 amide bonds. The molecular formula is C27H38N4O2. The van der Waals surface area contributed by atoms with Crippen LogP contribution >= 0.6 is 0 Å². The summed E-state index contributed by atoms with van der Waals surface area (Å²) in [6.45, 7) is 12.1. The number of hydrogen-bond acceptors (Lipinski definition) is 5. The molecule has 2 aliphatic rings. The first-order valence-electron chi connectivity index (χ1n) is 12.3. The van der Waals surface area contributed by atoms with Crippen LogP contribution in [0, 0.1) is 0 Å². The molecule has 0 aliphatic carbocycles. The predicted molar refractivity (Wildman–Crippen MR) is 131 cm³/mol. The largest absolute Gasteiger partial charge is 0.299 e. The van der Waals surface area contributed by atoms with Crippen molar-refractivity contribution in [3.63, 3.8) is 0 Å². The lowest BCUT2D eigenvalue weighted by Crippen LogP contribution is -2.55. The number of nitrogens with zero attached hydrogens (tertiary/aromatic N) is 3. The van der Waals surface area contributed by atoms with Crippen molar-refractivity contribution < 1.29 is 10.0 Å². The van der Waals surface area contributed by atoms with Crippen LogP contribution in [0.2, 0.25) is 0 Å². The van der Waals surface area contributed by atoms with Crippen LogP contribution in [0.25, 0.3) is 0 Å². The Morgan fingerprint density at radius 3 is 1.82 bits per heavy atom. The van der Waals surface area contributed by atoms with E-state index in [4.69, 9.17) is 5.21 Å². The quantitative estimate of drug-likeness (QED) is 0.495. The lowest BCUT2D eigenvalue weighted by atomic mass is 10.0. The number of carbonyl (C=O) groups excluding carboxylic acids is 1. The summed E-state index contributed by atoms with van der Waals surface area (Å²) in [6.07, 6.45) is 4.06. The van der Waals surface area contributed by atoms with Gasteiger partial charge in [0, 0.05) is 50.4 Å². The molecular weight excluding hydrogens is 412 g/mol. The number of hydroxylamine groups is 1. The first-order valence-corrected chi connectivity index (χ1v) is 12.3. The fourth-order valence-electron chi connectivity index (χ4n) is 5.33. The summed E-state index contributed by atoms with van der Waals surface area (Å²) in [5.41, 5.74) is 6.15. The first kappa shape index (κ1) is 23.9. The summed E-state index contributed by atoms with van der Waals surface area (Å²) in [7, 11) is 0. The molecule has 33 heavy (non-hydrogen) atoms. The van der Waals surface area contributed by atoms with E-state index in [1.165, 1.54) is 49.0 Å². The van der Waals surface area contributed by atoms with Gasteiger partial charge in [-0.15, -0.1) is 0 Å². The molecule has 0 saturated carbocycles. The molecule has 2 N–H and O–H groups in total. The highest BCUT2D eigenvalue weighted by atomic mass is 16.5. The Kier molecular flexibility index (Phi) is 8.15. The average molecular weight is 451 g/mol. The third kappa shape index (κ3) is 6.42. The van der Waals surface area contributed by atoms with Crippen LogP contribution in [0.1, 0.15) is 60.2 Å². The Balaban J connectivity index is 1.29. The van der Waals surface area contributed by atoms with Crippen molar-refractivity contribution in [2.75, 3.05) is 26.2 Å². The minimum Gasteiger partial charge on any atom is -0.299 e. The smallest absolute Gasteiger partial charge is 0.274 e. The molecule has 2 aromatic carbocycles. The van der Waals surface area contributed by atoms with Crippen molar-refractivity contribution in [2.45, 2.75) is 64.8 Å². The second-order valence-electron chi connectivity index (χ2n) is 9.86. The van der Waals surface area contributed by atoms with Crippen LogP contribution in [-0.2, 0) is 19.6 Å². The van der Waals surface area contributed by atoms with E-state index in [-0.39, 0.29) is 0 Å². The van der Waals surface area contributed by atoms with Gasteiger partial charge >= 0.3 is 0 Å². The maximum atomic E-state index is 11.5. The van der Waals surface area contributed by atoms with Crippen LogP contribution in [0.3, 0.4) is 0 Å². The Bertz CT molecular complexity index is 881. The number of piperazine rings is 1. The molecule has 2 atom stereocenters. The number of piperidine rings is 1. The summed E-state index contributed by atoms with van der Waals surface area (Å²) >= 11 is 0. The van der Waals surface area contributed by atoms with Gasteiger partial charge < -0.3 is 0 Å². The van der Waals surface area contributed by atoms with Gasteiger partial charge in [-0.05, 0) is 68.6 Å². The Morgan fingerprint density at radius 1 is 0.788 bits per heavy atom. The summed E-state index contributed by atoms with van der Waals surface area (Å²) in [4.78, 5) is 19.2. The van der Waals surface area contributed by atoms with E-state index in [9.17, 15) is 4.79 Å². The molecule has 4 rings (SSSR count). The average Bonchev–Trinajstić information content (AvgIpc) is 2.83. The van der Waals surface area contributed by atoms with E-state index in [2.05, 4.69) is 52.8 Å². The highest BCUT2D eigenvalue weighted by molar-refractivity contribution is 5.93. The normalized spacial score (nSPS) is 22.9. The summed E-state index contributed by atoms with van der Waals surface area (Å²) in [5, 5.41) is 8.77. The van der Waals surface area contributed by atoms with Crippen LogP contribution in [0.4, 0.5) is 0 Å². The molecule has 0 aromatic heterocycles. The molecule has 2 fully saturated rings. The lowest BCUT2D eigenvalue weighted by molar-refractivity contribution is 0.0290. The van der Waals surface area contributed by atoms with Crippen molar-refractivity contribution in [3.05, 3.63) is 70.8 Å². The highest BCUT2D eigenvalue weighted by Gasteiger charge is 2.29. The van der Waals surface area contributed by atoms with E-state index in [0.717, 1.165) is 32.7 Å². The van der Waals surface area contributed by atoms with Gasteiger partial charge in [0.05, 0.1) is 0 Å². The number of amides is 1. The second-order valence-corrected chi connectivity index (χ2v) is 9.86. The third-order valence-electron chi connectivity index (χ3n) is 7.14. The van der Waals surface area contributed by atoms with Gasteiger partial charge in [0.1, 0.15) is 0 Å². The molecule has 2 aromatic rings. The number of carbonyl (C=O) groups is 1. The number of likely N-dealkylation sites (tertiary alicyclic amines) is 1. The van der Waals surface area contributed by atoms with Crippen molar-refractivity contribution in [2.24, 2.45) is 0 Å². The minimum absolute atomic E-state index is 0.467. The number of nitrogens with one attached hydrogen (secondary N) is 1. The molecule has 0 spiro atoms. The van der Waals surface area contributed by atoms with E-state index in [1.54, 1.807) is 17.6 Å². The van der Waals surface area contributed by atoms with Crippen LogP contribution in [-0.4, -0.2) is 64.1 Å². The predicted octanol–water partition coefficient (Wildman–Crippen LogP) is 3.89. The van der Waals surface area contributed by atoms with Crippen LogP contribution in [0.5, 0.6) is 0 Å². The fourth-order valence-corrected chi connectivity index (χ4v) is 5.33. The number of benzene rings is 2. The van der Waals surface area contributed by atoms with Gasteiger partial charge in [0.2, 0.25) is 0 Å². The van der Waals surface area contributed by atoms with Crippen molar-refractivity contribution >= 4 is 5.91 Å². The standard InChI is InChI=1S/C27H38N4O2/c1-21-16-30(19-24-10-12-26(13-11-24)27(32)28-33)17-22(2)31(21)20-25-8-6-23(7-9-25)18-29-14-4-3-5-15-29/h6-13,21-22,33H,3-5,14-20H2,1-2H3,(H,28,32)/t21-,22+. The molecule has 0 bridgehead atoms. The molecule has 2 aliphatic heterocycles. The number of hydrogen-bond donors (Lipinski definition) is 2. The van der Waals surface area contributed by atoms with Gasteiger partial charge in [0.25, 0.3) is 5.91 Å². The van der Waals surface area contributed by atoms with Crippen LogP contribution in [0.15, 0.2) is 48.5 Å². The van der Waals surface area contributed by atoms with Crippen molar-refractivity contribution in [1.29, 1.82) is 0 Å². The van der Waals surface area contributed by atoms with E-state index >= 15 is 0 Å². The van der Waals surface area contributed by atoms with Gasteiger partial charge in [-0.2, -0.15) is 0 Å². The SMILES string of the molecule is C[C@@H]1CN(Cc2ccc(C(=O)NO)cc2)C[C@H](C)N1Cc1ccc(CN2CCCCC2)cc1. The Labute approximate surface area is 198 Å². The Morgan fingerprint density at radius 2 is 1.27 bits per heavy atom. The molecule has 2 saturated heterocycles. The highest BCUT2D eigenvalue weighted by Crippen LogP contribution is 2.22. The second kappa shape index (κ2) is 11.3. The monoisotopic (exact) mass is 450 g/mol. The topological polar surface area (TPSA) is 59.1 Å². The Hall–Kier alpha value is -2.25. The van der Waals surface area contributed by atoms with Crippen molar-refractivity contribution in [1.82, 2.24) is 20.2 Å². The molecule has 0 unspecified atom stereocenters. The van der Waals surface area contributed by atoms with E-state index in [0.29, 0.717) is 17.6 Å². The van der Waals surface area contributed by atoms with Gasteiger partial charge in [-0.3, -0.25) is 24.7 Å². The van der Waals surface area contributed by atoms with Gasteiger partial charge in [-0.25, -0.2) is 5.48 Å². The van der Waals surface area contributed by atoms with Crippen LogP contribution < -0.4 is 5.48 Å². The molecule has 6 heteroatoms. The maximum Gasteiger partial charge on any atom is 0.274 e. The maximum absolute atomic E-state index is 11.5. The molecule has 6 nitrogen and oxygen atoms in total. The molecule has 2 heterocycles. The van der Waals surface area contributed by atoms with Gasteiger partial charge in [-0.1, -0.05) is 42.8 Å². The van der Waals surface area contributed by atoms with E-state index < -0.39 is 5.91 Å². The number of rotatable bonds is 7. The van der Waals surface area contributed by atoms with E-state index in [1.807, 2.05) is 12.1 Å². The summed E-state index contributed by atoms with van der Waals surface area (Å²) in [6, 6.07) is 17.7. The van der Waals surface area contributed by atoms with Gasteiger partial charge in [0.15, 0.2) is 0 Å². The zero-order valence-corrected chi connectivity index (χ0v) is 20.0. The fraction of sp³-hybridized carbons (Fsp3) is 0.519. The zero-order chi connectivity index (χ0) is 23.2. The third-order valence-corrected chi connectivity index (χ3v) is 7.14. The first-order chi connectivity index (χ1) is 16.0. The zero-order valence-electron chi connectivity index (χ0n) is 20.0. The summed E-state index contributed by atoms with van der Waals surface area (Å²) < 4.78 is 0. The minimum atomic E-state index is -0.475. The summed E-state index contributed by atoms with van der Waals surface area (Å²) in [5.74, 6) is -0.475. The van der Waals surface area contributed by atoms with Crippen molar-refractivity contribution in [3.8, 4) is 0 Å². The lowest BCUT2D eigenvalue weighted by Gasteiger charge is -2.44.